The summed E-state index contributed by atoms with van der Waals surface area (Å²) in [7, 11) is 0. The topological polar surface area (TPSA) is 0 Å². The Hall–Kier alpha value is -2.14. The third-order valence-corrected chi connectivity index (χ3v) is 3.17. The Bertz CT molecular complexity index is 552. The summed E-state index contributed by atoms with van der Waals surface area (Å²) in [6.07, 6.45) is 14.5. The van der Waals surface area contributed by atoms with Crippen molar-refractivity contribution in [3.05, 3.63) is 47.7 Å². The highest BCUT2D eigenvalue weighted by atomic mass is 13.9. The second-order valence-electron chi connectivity index (χ2n) is 5.00. The second kappa shape index (κ2) is 11.7. The van der Waals surface area contributed by atoms with Gasteiger partial charge < -0.3 is 0 Å². The van der Waals surface area contributed by atoms with Crippen LogP contribution < -0.4 is 0 Å². The van der Waals surface area contributed by atoms with Crippen LogP contribution >= 0.6 is 0 Å². The number of hydrogen-bond donors (Lipinski definition) is 0. The van der Waals surface area contributed by atoms with E-state index in [1.165, 1.54) is 11.1 Å². The number of terminal acetylenes is 1. The second-order valence-corrected chi connectivity index (χ2v) is 5.00. The van der Waals surface area contributed by atoms with Gasteiger partial charge in [0.15, 0.2) is 0 Å². The maximum Gasteiger partial charge on any atom is 0.00918 e. The lowest BCUT2D eigenvalue weighted by Gasteiger charge is -1.96. The summed E-state index contributed by atoms with van der Waals surface area (Å²) in [6, 6.07) is 10.4. The van der Waals surface area contributed by atoms with Crippen LogP contribution in [0.4, 0.5) is 0 Å². The zero-order valence-electron chi connectivity index (χ0n) is 13.0. The Labute approximate surface area is 130 Å². The minimum absolute atomic E-state index is 0.875. The Morgan fingerprint density at radius 3 is 2.38 bits per heavy atom. The fourth-order valence-electron chi connectivity index (χ4n) is 1.91. The number of allylic oxidation sites excluding steroid dienone is 1. The van der Waals surface area contributed by atoms with Gasteiger partial charge >= 0.3 is 0 Å². The summed E-state index contributed by atoms with van der Waals surface area (Å²) in [5.41, 5.74) is 5.78. The third kappa shape index (κ3) is 8.60. The van der Waals surface area contributed by atoms with Gasteiger partial charge in [-0.15, -0.1) is 29.9 Å². The van der Waals surface area contributed by atoms with Crippen LogP contribution in [-0.4, -0.2) is 0 Å². The van der Waals surface area contributed by atoms with Gasteiger partial charge in [0, 0.05) is 19.3 Å². The van der Waals surface area contributed by atoms with Gasteiger partial charge in [-0.05, 0) is 49.8 Å². The number of benzene rings is 1. The molecule has 0 radical (unpaired) electrons. The average Bonchev–Trinajstić information content (AvgIpc) is 2.53. The van der Waals surface area contributed by atoms with E-state index < -0.39 is 0 Å². The highest BCUT2D eigenvalue weighted by Gasteiger charge is 1.90. The summed E-state index contributed by atoms with van der Waals surface area (Å²) in [6.45, 7) is 2.10. The van der Waals surface area contributed by atoms with Crippen LogP contribution in [0.1, 0.15) is 57.4 Å². The fraction of sp³-hybridized carbons (Fsp3) is 0.381. The molecule has 0 aromatic heterocycles. The SMILES string of the molecule is C#CCCCCC#CCCCC=C=C(C)c1ccccc1. The highest BCUT2D eigenvalue weighted by Crippen LogP contribution is 2.11. The van der Waals surface area contributed by atoms with Crippen molar-refractivity contribution in [3.8, 4) is 24.2 Å². The Morgan fingerprint density at radius 2 is 1.67 bits per heavy atom. The maximum atomic E-state index is 5.20. The van der Waals surface area contributed by atoms with Crippen molar-refractivity contribution in [2.45, 2.75) is 51.9 Å². The zero-order valence-corrected chi connectivity index (χ0v) is 13.0. The van der Waals surface area contributed by atoms with Crippen LogP contribution in [0.5, 0.6) is 0 Å². The van der Waals surface area contributed by atoms with Crippen molar-refractivity contribution >= 4 is 5.57 Å². The first-order chi connectivity index (χ1) is 10.3. The highest BCUT2D eigenvalue weighted by molar-refractivity contribution is 5.62. The molecule has 0 N–H and O–H groups in total. The lowest BCUT2D eigenvalue weighted by atomic mass is 10.1. The van der Waals surface area contributed by atoms with Gasteiger partial charge in [-0.2, -0.15) is 0 Å². The maximum absolute atomic E-state index is 5.20. The molecule has 1 aromatic carbocycles. The normalized spacial score (nSPS) is 8.95. The van der Waals surface area contributed by atoms with E-state index in [4.69, 9.17) is 6.42 Å². The molecule has 0 aliphatic heterocycles. The quantitative estimate of drug-likeness (QED) is 0.345. The van der Waals surface area contributed by atoms with Gasteiger partial charge in [0.05, 0.1) is 0 Å². The van der Waals surface area contributed by atoms with E-state index in [-0.39, 0.29) is 0 Å². The van der Waals surface area contributed by atoms with Crippen molar-refractivity contribution in [3.63, 3.8) is 0 Å². The van der Waals surface area contributed by atoms with E-state index in [1.807, 2.05) is 6.07 Å². The monoisotopic (exact) mass is 276 g/mol. The molecule has 0 fully saturated rings. The summed E-state index contributed by atoms with van der Waals surface area (Å²) in [4.78, 5) is 0. The van der Waals surface area contributed by atoms with Gasteiger partial charge in [-0.1, -0.05) is 30.3 Å². The predicted octanol–water partition coefficient (Wildman–Crippen LogP) is 5.61. The van der Waals surface area contributed by atoms with Crippen LogP contribution in [-0.2, 0) is 0 Å². The smallest absolute Gasteiger partial charge is 0.00918 e. The van der Waals surface area contributed by atoms with Crippen LogP contribution in [0.2, 0.25) is 0 Å². The van der Waals surface area contributed by atoms with Gasteiger partial charge in [0.25, 0.3) is 0 Å². The molecule has 0 amide bonds. The molecule has 0 unspecified atom stereocenters. The van der Waals surface area contributed by atoms with Crippen LogP contribution in [0.25, 0.3) is 5.57 Å². The summed E-state index contributed by atoms with van der Waals surface area (Å²) in [5, 5.41) is 0. The van der Waals surface area contributed by atoms with Gasteiger partial charge in [-0.3, -0.25) is 0 Å². The molecular formula is C21H24. The number of rotatable bonds is 7. The molecule has 108 valence electrons. The third-order valence-electron chi connectivity index (χ3n) is 3.17. The fourth-order valence-corrected chi connectivity index (χ4v) is 1.91. The van der Waals surface area contributed by atoms with Crippen LogP contribution in [0, 0.1) is 24.2 Å². The van der Waals surface area contributed by atoms with Crippen LogP contribution in [0.15, 0.2) is 42.1 Å². The van der Waals surface area contributed by atoms with E-state index in [0.29, 0.717) is 0 Å². The molecule has 0 heterocycles. The number of unbranched alkanes of at least 4 members (excludes halogenated alkanes) is 5. The van der Waals surface area contributed by atoms with Crippen molar-refractivity contribution in [1.29, 1.82) is 0 Å². The first kappa shape index (κ1) is 16.9. The van der Waals surface area contributed by atoms with Crippen molar-refractivity contribution < 1.29 is 0 Å². The summed E-state index contributed by atoms with van der Waals surface area (Å²) >= 11 is 0. The first-order valence-electron chi connectivity index (χ1n) is 7.71. The van der Waals surface area contributed by atoms with Crippen molar-refractivity contribution in [1.82, 2.24) is 0 Å². The Balaban J connectivity index is 2.18. The minimum atomic E-state index is 0.875. The zero-order chi connectivity index (χ0) is 15.2. The standard InChI is InChI=1S/C21H24/c1-3-4-5-6-7-8-9-10-11-12-14-17-20(2)21-18-15-13-16-19-21/h1,13-16,18-19H,4-7,10-12H2,2H3. The van der Waals surface area contributed by atoms with E-state index >= 15 is 0 Å². The summed E-state index contributed by atoms with van der Waals surface area (Å²) in [5.74, 6) is 9.09. The van der Waals surface area contributed by atoms with E-state index in [1.54, 1.807) is 0 Å². The molecule has 0 atom stereocenters. The minimum Gasteiger partial charge on any atom is -0.121 e. The molecular weight excluding hydrogens is 252 g/mol. The van der Waals surface area contributed by atoms with Crippen molar-refractivity contribution in [2.75, 3.05) is 0 Å². The molecule has 0 nitrogen and oxygen atoms in total. The lowest BCUT2D eigenvalue weighted by Crippen LogP contribution is -1.75. The first-order valence-corrected chi connectivity index (χ1v) is 7.71. The van der Waals surface area contributed by atoms with Gasteiger partial charge in [0.2, 0.25) is 0 Å². The molecule has 0 aliphatic carbocycles. The molecule has 0 saturated carbocycles. The van der Waals surface area contributed by atoms with Gasteiger partial charge in [-0.25, -0.2) is 0 Å². The Morgan fingerprint density at radius 1 is 1.00 bits per heavy atom. The van der Waals surface area contributed by atoms with E-state index in [0.717, 1.165) is 44.9 Å². The number of hydrogen-bond acceptors (Lipinski definition) is 0. The summed E-state index contributed by atoms with van der Waals surface area (Å²) < 4.78 is 0. The largest absolute Gasteiger partial charge is 0.121 e. The molecule has 0 bridgehead atoms. The molecule has 21 heavy (non-hydrogen) atoms. The molecule has 0 heteroatoms. The molecule has 1 rings (SSSR count). The lowest BCUT2D eigenvalue weighted by molar-refractivity contribution is 0.781. The molecule has 1 aromatic rings. The van der Waals surface area contributed by atoms with E-state index in [2.05, 4.69) is 60.8 Å². The Kier molecular flexibility index (Phi) is 9.40. The van der Waals surface area contributed by atoms with Gasteiger partial charge in [0.1, 0.15) is 0 Å². The molecule has 0 aliphatic rings. The molecule has 0 spiro atoms. The van der Waals surface area contributed by atoms with E-state index in [9.17, 15) is 0 Å². The van der Waals surface area contributed by atoms with Crippen molar-refractivity contribution in [2.24, 2.45) is 0 Å². The van der Waals surface area contributed by atoms with Crippen LogP contribution in [0.3, 0.4) is 0 Å². The predicted molar refractivity (Wildman–Crippen MR) is 92.5 cm³/mol. The molecule has 0 saturated heterocycles. The average molecular weight is 276 g/mol.